The van der Waals surface area contributed by atoms with Crippen molar-refractivity contribution in [2.24, 2.45) is 0 Å². The molecule has 1 atom stereocenters. The van der Waals surface area contributed by atoms with E-state index < -0.39 is 0 Å². The van der Waals surface area contributed by atoms with Crippen molar-refractivity contribution in [3.05, 3.63) is 28.4 Å². The van der Waals surface area contributed by atoms with Crippen LogP contribution in [-0.4, -0.2) is 23.2 Å². The van der Waals surface area contributed by atoms with E-state index in [9.17, 15) is 4.79 Å². The Labute approximate surface area is 154 Å². The van der Waals surface area contributed by atoms with Gasteiger partial charge >= 0.3 is 0 Å². The number of amides is 1. The van der Waals surface area contributed by atoms with E-state index in [-0.39, 0.29) is 18.1 Å². The van der Waals surface area contributed by atoms with Gasteiger partial charge in [-0.3, -0.25) is 4.79 Å². The fourth-order valence-corrected chi connectivity index (χ4v) is 4.04. The average molecular weight is 599 g/mol. The number of aliphatic hydroxyl groups is 1. The lowest BCUT2D eigenvalue weighted by atomic mass is 9.94. The van der Waals surface area contributed by atoms with Crippen molar-refractivity contribution in [2.75, 3.05) is 6.61 Å². The van der Waals surface area contributed by atoms with Crippen LogP contribution in [0.25, 0.3) is 0 Å². The molecule has 0 aliphatic heterocycles. The maximum atomic E-state index is 12.4. The van der Waals surface area contributed by atoms with Crippen molar-refractivity contribution in [3.8, 4) is 0 Å². The van der Waals surface area contributed by atoms with Gasteiger partial charge in [0.05, 0.1) is 5.56 Å². The maximum absolute atomic E-state index is 12.4. The molecular formula is C13H16I3NO2. The maximum Gasteiger partial charge on any atom is 0.252 e. The molecular weight excluding hydrogens is 583 g/mol. The van der Waals surface area contributed by atoms with Crippen LogP contribution in [0.4, 0.5) is 0 Å². The van der Waals surface area contributed by atoms with E-state index >= 15 is 0 Å². The first-order chi connectivity index (χ1) is 8.83. The van der Waals surface area contributed by atoms with Crippen molar-refractivity contribution >= 4 is 73.7 Å². The van der Waals surface area contributed by atoms with Crippen LogP contribution in [0, 0.1) is 10.7 Å². The fourth-order valence-electron chi connectivity index (χ4n) is 1.64. The van der Waals surface area contributed by atoms with Crippen molar-refractivity contribution in [1.29, 1.82) is 0 Å². The molecule has 2 N–H and O–H groups in total. The highest BCUT2D eigenvalue weighted by Crippen LogP contribution is 2.24. The van der Waals surface area contributed by atoms with Crippen molar-refractivity contribution in [3.63, 3.8) is 0 Å². The predicted molar refractivity (Wildman–Crippen MR) is 102 cm³/mol. The number of carbonyl (C=O) groups excluding carboxylic acids is 1. The van der Waals surface area contributed by atoms with E-state index in [1.165, 1.54) is 0 Å². The second-order valence-corrected chi connectivity index (χ2v) is 8.08. The Hall–Kier alpha value is 0.840. The van der Waals surface area contributed by atoms with Gasteiger partial charge in [0.1, 0.15) is 0 Å². The summed E-state index contributed by atoms with van der Waals surface area (Å²) >= 11 is 6.66. The van der Waals surface area contributed by atoms with Crippen LogP contribution in [0.2, 0.25) is 0 Å². The molecule has 19 heavy (non-hydrogen) atoms. The van der Waals surface area contributed by atoms with Crippen LogP contribution in [-0.2, 0) is 0 Å². The zero-order valence-electron chi connectivity index (χ0n) is 10.8. The second-order valence-electron chi connectivity index (χ2n) is 4.59. The summed E-state index contributed by atoms with van der Waals surface area (Å²) in [7, 11) is 0. The Balaban J connectivity index is 3.01. The van der Waals surface area contributed by atoms with E-state index in [0.29, 0.717) is 12.0 Å². The first-order valence-corrected chi connectivity index (χ1v) is 9.14. The molecule has 106 valence electrons. The number of hydrogen-bond donors (Lipinski definition) is 2. The predicted octanol–water partition coefficient (Wildman–Crippen LogP) is 3.78. The summed E-state index contributed by atoms with van der Waals surface area (Å²) in [5.74, 6) is -0.0707. The molecule has 6 heteroatoms. The molecule has 1 aromatic carbocycles. The first-order valence-electron chi connectivity index (χ1n) is 5.91. The average Bonchev–Trinajstić information content (AvgIpc) is 2.33. The van der Waals surface area contributed by atoms with Crippen molar-refractivity contribution < 1.29 is 9.90 Å². The molecule has 0 saturated heterocycles. The van der Waals surface area contributed by atoms with Crippen molar-refractivity contribution in [1.82, 2.24) is 5.32 Å². The van der Waals surface area contributed by atoms with E-state index in [4.69, 9.17) is 5.11 Å². The zero-order chi connectivity index (χ0) is 14.6. The summed E-state index contributed by atoms with van der Waals surface area (Å²) in [6, 6.07) is 3.95. The molecule has 0 aromatic heterocycles. The summed E-state index contributed by atoms with van der Waals surface area (Å²) in [4.78, 5) is 12.4. The molecule has 0 saturated carbocycles. The van der Waals surface area contributed by atoms with Crippen LogP contribution >= 0.6 is 67.8 Å². The number of benzene rings is 1. The third-order valence-corrected chi connectivity index (χ3v) is 6.76. The van der Waals surface area contributed by atoms with Gasteiger partial charge in [0.2, 0.25) is 0 Å². The van der Waals surface area contributed by atoms with Crippen LogP contribution in [0.5, 0.6) is 0 Å². The third kappa shape index (κ3) is 4.95. The van der Waals surface area contributed by atoms with E-state index in [1.807, 2.05) is 26.0 Å². The van der Waals surface area contributed by atoms with Gasteiger partial charge in [0.15, 0.2) is 0 Å². The minimum atomic E-state index is -0.359. The smallest absolute Gasteiger partial charge is 0.252 e. The van der Waals surface area contributed by atoms with E-state index in [1.54, 1.807) is 0 Å². The lowest BCUT2D eigenvalue weighted by Crippen LogP contribution is -2.46. The molecule has 1 aromatic rings. The van der Waals surface area contributed by atoms with Gasteiger partial charge in [0, 0.05) is 22.9 Å². The Morgan fingerprint density at radius 2 is 2.00 bits per heavy atom. The van der Waals surface area contributed by atoms with Gasteiger partial charge < -0.3 is 10.4 Å². The van der Waals surface area contributed by atoms with Crippen LogP contribution < -0.4 is 5.32 Å². The van der Waals surface area contributed by atoms with Crippen molar-refractivity contribution in [2.45, 2.75) is 32.2 Å². The highest BCUT2D eigenvalue weighted by Gasteiger charge is 2.25. The molecule has 1 rings (SSSR count). The Bertz CT molecular complexity index is 479. The minimum Gasteiger partial charge on any atom is -0.396 e. The second kappa shape index (κ2) is 7.74. The Kier molecular flexibility index (Phi) is 7.28. The summed E-state index contributed by atoms with van der Waals surface area (Å²) in [6.07, 6.45) is 1.35. The summed E-state index contributed by atoms with van der Waals surface area (Å²) < 4.78 is 3.10. The quantitative estimate of drug-likeness (QED) is 0.401. The van der Waals surface area contributed by atoms with Crippen LogP contribution in [0.1, 0.15) is 37.0 Å². The highest BCUT2D eigenvalue weighted by atomic mass is 127. The summed E-state index contributed by atoms with van der Waals surface area (Å²) in [5.41, 5.74) is 0.344. The Morgan fingerprint density at radius 1 is 1.37 bits per heavy atom. The topological polar surface area (TPSA) is 49.3 Å². The lowest BCUT2D eigenvalue weighted by Gasteiger charge is -2.29. The molecule has 0 aliphatic rings. The lowest BCUT2D eigenvalue weighted by molar-refractivity contribution is 0.0885. The van der Waals surface area contributed by atoms with Gasteiger partial charge in [-0.15, -0.1) is 0 Å². The number of hydrogen-bond acceptors (Lipinski definition) is 2. The number of nitrogens with one attached hydrogen (secondary N) is 1. The zero-order valence-corrected chi connectivity index (χ0v) is 17.2. The van der Waals surface area contributed by atoms with Gasteiger partial charge in [-0.2, -0.15) is 0 Å². The largest absolute Gasteiger partial charge is 0.396 e. The van der Waals surface area contributed by atoms with Gasteiger partial charge in [-0.25, -0.2) is 0 Å². The van der Waals surface area contributed by atoms with E-state index in [2.05, 4.69) is 73.1 Å². The molecule has 3 nitrogen and oxygen atoms in total. The highest BCUT2D eigenvalue weighted by molar-refractivity contribution is 14.1. The van der Waals surface area contributed by atoms with Crippen LogP contribution in [0.3, 0.4) is 0 Å². The van der Waals surface area contributed by atoms with Gasteiger partial charge in [0.25, 0.3) is 5.91 Å². The number of aliphatic hydroxyl groups excluding tert-OH is 1. The van der Waals surface area contributed by atoms with Gasteiger partial charge in [-0.1, -0.05) is 6.92 Å². The molecule has 1 amide bonds. The minimum absolute atomic E-state index is 0.0707. The molecule has 0 bridgehead atoms. The molecule has 0 radical (unpaired) electrons. The molecule has 1 unspecified atom stereocenters. The number of carbonyl (C=O) groups is 1. The van der Waals surface area contributed by atoms with Gasteiger partial charge in [-0.05, 0) is 99.7 Å². The fraction of sp³-hybridized carbons (Fsp3) is 0.462. The molecule has 0 aliphatic carbocycles. The first kappa shape index (κ1) is 17.9. The number of rotatable bonds is 5. The number of halogens is 3. The monoisotopic (exact) mass is 599 g/mol. The normalized spacial score (nSPS) is 14.0. The summed E-state index contributed by atoms with van der Waals surface area (Å²) in [5, 5.41) is 12.1. The third-order valence-electron chi connectivity index (χ3n) is 3.10. The molecule has 0 heterocycles. The SMILES string of the molecule is CCC(C)(CCO)NC(=O)c1cc(I)cc(I)c1I. The standard InChI is InChI=1S/C13H16I3NO2/c1-3-13(2,4-5-18)17-12(19)9-6-8(14)7-10(15)11(9)16/h6-7,18H,3-5H2,1-2H3,(H,17,19). The molecule has 0 fully saturated rings. The van der Waals surface area contributed by atoms with Crippen LogP contribution in [0.15, 0.2) is 12.1 Å². The molecule has 0 spiro atoms. The van der Waals surface area contributed by atoms with E-state index in [0.717, 1.165) is 17.1 Å². The summed E-state index contributed by atoms with van der Waals surface area (Å²) in [6.45, 7) is 4.05. The Morgan fingerprint density at radius 3 is 2.53 bits per heavy atom.